The summed E-state index contributed by atoms with van der Waals surface area (Å²) in [7, 11) is 1.61. The lowest BCUT2D eigenvalue weighted by molar-refractivity contribution is 0.254. The number of fused-ring (bicyclic) bond motifs is 1. The number of thiazole rings is 1. The third kappa shape index (κ3) is 5.33. The highest BCUT2D eigenvalue weighted by Crippen LogP contribution is 2.30. The van der Waals surface area contributed by atoms with E-state index in [1.165, 1.54) is 27.8 Å². The van der Waals surface area contributed by atoms with Crippen LogP contribution in [0.1, 0.15) is 21.6 Å². The van der Waals surface area contributed by atoms with Gasteiger partial charge in [-0.1, -0.05) is 18.2 Å². The fourth-order valence-electron chi connectivity index (χ4n) is 3.60. The molecular formula is C24H26N6OS. The van der Waals surface area contributed by atoms with E-state index in [1.807, 2.05) is 24.4 Å². The Labute approximate surface area is 191 Å². The van der Waals surface area contributed by atoms with Gasteiger partial charge in [0.05, 0.1) is 5.69 Å². The second-order valence-electron chi connectivity index (χ2n) is 7.47. The van der Waals surface area contributed by atoms with E-state index < -0.39 is 0 Å². The molecule has 3 aromatic rings. The van der Waals surface area contributed by atoms with Gasteiger partial charge in [0, 0.05) is 49.5 Å². The van der Waals surface area contributed by atoms with Crippen LogP contribution in [0.25, 0.3) is 0 Å². The molecular weight excluding hydrogens is 420 g/mol. The van der Waals surface area contributed by atoms with E-state index in [2.05, 4.69) is 49.8 Å². The van der Waals surface area contributed by atoms with Gasteiger partial charge in [0.1, 0.15) is 0 Å². The van der Waals surface area contributed by atoms with Crippen molar-refractivity contribution in [1.29, 1.82) is 0 Å². The van der Waals surface area contributed by atoms with E-state index in [1.54, 1.807) is 30.7 Å². The number of anilines is 2. The van der Waals surface area contributed by atoms with Gasteiger partial charge >= 0.3 is 6.03 Å². The number of nitrogens with two attached hydrogens (primary N) is 1. The maximum absolute atomic E-state index is 11.6. The third-order valence-electron chi connectivity index (χ3n) is 5.25. The Balaban J connectivity index is 1.41. The summed E-state index contributed by atoms with van der Waals surface area (Å²) in [5.41, 5.74) is 10.8. The zero-order valence-electron chi connectivity index (χ0n) is 17.9. The van der Waals surface area contributed by atoms with Gasteiger partial charge in [-0.05, 0) is 59.7 Å². The van der Waals surface area contributed by atoms with E-state index in [-0.39, 0.29) is 6.03 Å². The topological polar surface area (TPSA) is 95.6 Å². The summed E-state index contributed by atoms with van der Waals surface area (Å²) in [4.78, 5) is 24.1. The molecule has 0 fully saturated rings. The first-order chi connectivity index (χ1) is 15.6. The summed E-state index contributed by atoms with van der Waals surface area (Å²) >= 11 is 1.73. The Morgan fingerprint density at radius 1 is 1.25 bits per heavy atom. The Morgan fingerprint density at radius 2 is 2.09 bits per heavy atom. The number of nitrogens with one attached hydrogen (secondary N) is 2. The van der Waals surface area contributed by atoms with Crippen molar-refractivity contribution in [3.63, 3.8) is 0 Å². The number of amides is 2. The van der Waals surface area contributed by atoms with Crippen LogP contribution >= 0.6 is 11.3 Å². The number of nitrogens with zero attached hydrogens (tertiary/aromatic N) is 3. The molecule has 8 heteroatoms. The number of hydrogen-bond acceptors (Lipinski definition) is 6. The number of benzene rings is 2. The summed E-state index contributed by atoms with van der Waals surface area (Å²) < 4.78 is 0. The average Bonchev–Trinajstić information content (AvgIpc) is 3.28. The van der Waals surface area contributed by atoms with Crippen LogP contribution in [0.2, 0.25) is 0 Å². The van der Waals surface area contributed by atoms with Gasteiger partial charge in [0.2, 0.25) is 0 Å². The molecule has 0 radical (unpaired) electrons. The molecule has 1 aromatic heterocycles. The number of urea groups is 1. The van der Waals surface area contributed by atoms with Crippen LogP contribution in [-0.4, -0.2) is 30.8 Å². The molecule has 0 spiro atoms. The lowest BCUT2D eigenvalue weighted by Crippen LogP contribution is -2.30. The first-order valence-electron chi connectivity index (χ1n) is 10.4. The smallest absolute Gasteiger partial charge is 0.318 e. The standard InChI is InChI=1S/C24H26N6OS/c1-26-23(31)29-21-8-5-18-9-12-30(16-19(18)14-21)24-28-15-22(32-24)13-17-3-6-20(7-4-17)27-11-2-10-25/h2-8,10-11,14-15H,9,12-13,16,25H2,1H3,(H2,26,29,31)/b10-2-,27-11?. The molecule has 1 aliphatic heterocycles. The molecule has 2 heterocycles. The second-order valence-corrected chi connectivity index (χ2v) is 8.57. The van der Waals surface area contributed by atoms with E-state index in [4.69, 9.17) is 5.73 Å². The van der Waals surface area contributed by atoms with Gasteiger partial charge in [-0.2, -0.15) is 0 Å². The summed E-state index contributed by atoms with van der Waals surface area (Å²) in [5, 5.41) is 6.46. The number of carbonyl (C=O) groups is 1. The van der Waals surface area contributed by atoms with Crippen molar-refractivity contribution in [2.45, 2.75) is 19.4 Å². The van der Waals surface area contributed by atoms with Crippen LogP contribution in [0.15, 0.2) is 65.9 Å². The minimum Gasteiger partial charge on any atom is -0.405 e. The minimum atomic E-state index is -0.214. The molecule has 0 atom stereocenters. The SMILES string of the molecule is CNC(=O)Nc1ccc2c(c1)CN(c1ncc(Cc3ccc(N=C/C=C\N)cc3)s1)CC2. The lowest BCUT2D eigenvalue weighted by Gasteiger charge is -2.28. The predicted octanol–water partition coefficient (Wildman–Crippen LogP) is 4.22. The van der Waals surface area contributed by atoms with Crippen LogP contribution in [0.5, 0.6) is 0 Å². The first kappa shape index (κ1) is 21.6. The zero-order chi connectivity index (χ0) is 22.3. The maximum atomic E-state index is 11.6. The van der Waals surface area contributed by atoms with Crippen molar-refractivity contribution < 1.29 is 4.79 Å². The number of allylic oxidation sites excluding steroid dienone is 1. The first-order valence-corrected chi connectivity index (χ1v) is 11.3. The summed E-state index contributed by atoms with van der Waals surface area (Å²) in [5.74, 6) is 0. The number of aromatic nitrogens is 1. The average molecular weight is 447 g/mol. The molecule has 2 amide bonds. The minimum absolute atomic E-state index is 0.214. The molecule has 32 heavy (non-hydrogen) atoms. The van der Waals surface area contributed by atoms with Gasteiger partial charge in [-0.3, -0.25) is 4.99 Å². The van der Waals surface area contributed by atoms with Gasteiger partial charge < -0.3 is 21.3 Å². The van der Waals surface area contributed by atoms with E-state index in [0.29, 0.717) is 0 Å². The lowest BCUT2D eigenvalue weighted by atomic mass is 9.99. The van der Waals surface area contributed by atoms with Gasteiger partial charge in [-0.15, -0.1) is 11.3 Å². The zero-order valence-corrected chi connectivity index (χ0v) is 18.7. The Bertz CT molecular complexity index is 1140. The summed E-state index contributed by atoms with van der Waals surface area (Å²) in [6, 6.07) is 14.1. The van der Waals surface area contributed by atoms with E-state index in [9.17, 15) is 4.79 Å². The molecule has 0 unspecified atom stereocenters. The van der Waals surface area contributed by atoms with Crippen molar-refractivity contribution in [2.75, 3.05) is 23.8 Å². The monoisotopic (exact) mass is 446 g/mol. The molecule has 164 valence electrons. The molecule has 1 aliphatic rings. The molecule has 4 rings (SSSR count). The van der Waals surface area contributed by atoms with Gasteiger partial charge in [0.25, 0.3) is 0 Å². The van der Waals surface area contributed by atoms with Crippen molar-refractivity contribution in [3.8, 4) is 0 Å². The normalized spacial score (nSPS) is 13.5. The van der Waals surface area contributed by atoms with Crippen molar-refractivity contribution in [2.24, 2.45) is 10.7 Å². The quantitative estimate of drug-likeness (QED) is 0.494. The summed E-state index contributed by atoms with van der Waals surface area (Å²) in [6.07, 6.45) is 8.61. The maximum Gasteiger partial charge on any atom is 0.318 e. The number of rotatable bonds is 6. The number of aliphatic imine (C=N–C) groups is 1. The molecule has 0 saturated carbocycles. The molecule has 0 saturated heterocycles. The Morgan fingerprint density at radius 3 is 2.88 bits per heavy atom. The highest BCUT2D eigenvalue weighted by Gasteiger charge is 2.19. The highest BCUT2D eigenvalue weighted by molar-refractivity contribution is 7.15. The fraction of sp³-hybridized carbons (Fsp3) is 0.208. The summed E-state index contributed by atoms with van der Waals surface area (Å²) in [6.45, 7) is 1.72. The molecule has 0 bridgehead atoms. The molecule has 2 aromatic carbocycles. The molecule has 0 aliphatic carbocycles. The van der Waals surface area contributed by atoms with Crippen molar-refractivity contribution >= 4 is 40.1 Å². The van der Waals surface area contributed by atoms with Crippen molar-refractivity contribution in [1.82, 2.24) is 10.3 Å². The van der Waals surface area contributed by atoms with Crippen LogP contribution in [0, 0.1) is 0 Å². The Kier molecular flexibility index (Phi) is 6.81. The van der Waals surface area contributed by atoms with Crippen LogP contribution in [-0.2, 0) is 19.4 Å². The second kappa shape index (κ2) is 10.1. The van der Waals surface area contributed by atoms with Crippen molar-refractivity contribution in [3.05, 3.63) is 82.5 Å². The van der Waals surface area contributed by atoms with Crippen LogP contribution in [0.3, 0.4) is 0 Å². The highest BCUT2D eigenvalue weighted by atomic mass is 32.1. The predicted molar refractivity (Wildman–Crippen MR) is 132 cm³/mol. The third-order valence-corrected chi connectivity index (χ3v) is 6.31. The van der Waals surface area contributed by atoms with Crippen LogP contribution < -0.4 is 21.3 Å². The van der Waals surface area contributed by atoms with E-state index in [0.717, 1.165) is 42.4 Å². The van der Waals surface area contributed by atoms with Gasteiger partial charge in [-0.25, -0.2) is 9.78 Å². The van der Waals surface area contributed by atoms with Crippen LogP contribution in [0.4, 0.5) is 21.3 Å². The van der Waals surface area contributed by atoms with E-state index >= 15 is 0 Å². The molecule has 7 nitrogen and oxygen atoms in total. The molecule has 4 N–H and O–H groups in total. The Hall–Kier alpha value is -3.65. The number of carbonyl (C=O) groups excluding carboxylic acids is 1. The number of hydrogen-bond donors (Lipinski definition) is 3. The fourth-order valence-corrected chi connectivity index (χ4v) is 4.57. The largest absolute Gasteiger partial charge is 0.405 e. The van der Waals surface area contributed by atoms with Gasteiger partial charge in [0.15, 0.2) is 5.13 Å².